The monoisotopic (exact) mass is 300 g/mol. The van der Waals surface area contributed by atoms with Crippen LogP contribution in [-0.4, -0.2) is 15.7 Å². The fourth-order valence-electron chi connectivity index (χ4n) is 2.98. The van der Waals surface area contributed by atoms with Gasteiger partial charge in [-0.15, -0.1) is 0 Å². The van der Waals surface area contributed by atoms with Crippen LogP contribution in [0.15, 0.2) is 66.7 Å². The second kappa shape index (κ2) is 5.69. The molecule has 0 saturated carbocycles. The van der Waals surface area contributed by atoms with Crippen LogP contribution in [0, 0.1) is 0 Å². The summed E-state index contributed by atoms with van der Waals surface area (Å²) in [5, 5.41) is 4.62. The van der Waals surface area contributed by atoms with E-state index in [2.05, 4.69) is 17.3 Å². The lowest BCUT2D eigenvalue weighted by atomic mass is 9.99. The van der Waals surface area contributed by atoms with Crippen molar-refractivity contribution in [2.24, 2.45) is 0 Å². The zero-order valence-corrected chi connectivity index (χ0v) is 12.6. The largest absolute Gasteiger partial charge is 0.278 e. The van der Waals surface area contributed by atoms with Crippen molar-refractivity contribution in [2.45, 2.75) is 12.8 Å². The molecule has 1 heterocycles. The lowest BCUT2D eigenvalue weighted by Gasteiger charge is -2.08. The van der Waals surface area contributed by atoms with Crippen LogP contribution < -0.4 is 0 Å². The Morgan fingerprint density at radius 2 is 1.65 bits per heavy atom. The van der Waals surface area contributed by atoms with E-state index in [9.17, 15) is 4.79 Å². The molecule has 112 valence electrons. The molecule has 0 bridgehead atoms. The number of hydrogen-bond acceptors (Lipinski definition) is 2. The van der Waals surface area contributed by atoms with Crippen LogP contribution in [0.3, 0.4) is 0 Å². The molecule has 0 aliphatic heterocycles. The summed E-state index contributed by atoms with van der Waals surface area (Å²) in [6.45, 7) is 0. The highest BCUT2D eigenvalue weighted by Crippen LogP contribution is 2.31. The average Bonchev–Trinajstić information content (AvgIpc) is 3.02. The van der Waals surface area contributed by atoms with Crippen LogP contribution in [-0.2, 0) is 6.42 Å². The molecule has 4 rings (SSSR count). The summed E-state index contributed by atoms with van der Waals surface area (Å²) in [4.78, 5) is 12.9. The van der Waals surface area contributed by atoms with Crippen LogP contribution in [0.2, 0.25) is 0 Å². The molecule has 0 atom stereocenters. The highest BCUT2D eigenvalue weighted by atomic mass is 16.2. The Bertz CT molecular complexity index is 877. The summed E-state index contributed by atoms with van der Waals surface area (Å²) in [5.41, 5.74) is 4.60. The number of allylic oxidation sites excluding steroid dienone is 1. The second-order valence-corrected chi connectivity index (χ2v) is 5.60. The van der Waals surface area contributed by atoms with Gasteiger partial charge in [0.05, 0.1) is 11.4 Å². The van der Waals surface area contributed by atoms with Gasteiger partial charge < -0.3 is 0 Å². The van der Waals surface area contributed by atoms with E-state index < -0.39 is 0 Å². The van der Waals surface area contributed by atoms with Crippen molar-refractivity contribution in [1.82, 2.24) is 9.78 Å². The van der Waals surface area contributed by atoms with Gasteiger partial charge in [-0.1, -0.05) is 60.7 Å². The normalized spacial score (nSPS) is 12.9. The van der Waals surface area contributed by atoms with E-state index in [1.54, 1.807) is 4.68 Å². The first-order chi connectivity index (χ1) is 11.3. The van der Waals surface area contributed by atoms with E-state index in [0.29, 0.717) is 5.56 Å². The van der Waals surface area contributed by atoms with E-state index in [1.807, 2.05) is 60.7 Å². The van der Waals surface area contributed by atoms with Crippen molar-refractivity contribution in [2.75, 3.05) is 0 Å². The zero-order chi connectivity index (χ0) is 15.6. The molecular weight excluding hydrogens is 284 g/mol. The Hall–Kier alpha value is -2.94. The summed E-state index contributed by atoms with van der Waals surface area (Å²) in [6.07, 6.45) is 6.08. The molecular formula is C20H16N2O. The third-order valence-corrected chi connectivity index (χ3v) is 4.09. The smallest absolute Gasteiger partial charge is 0.267 e. The lowest BCUT2D eigenvalue weighted by Crippen LogP contribution is -2.15. The van der Waals surface area contributed by atoms with E-state index in [4.69, 9.17) is 0 Å². The minimum Gasteiger partial charge on any atom is -0.267 e. The number of rotatable bonds is 2. The van der Waals surface area contributed by atoms with Crippen molar-refractivity contribution >= 4 is 12.0 Å². The van der Waals surface area contributed by atoms with E-state index >= 15 is 0 Å². The summed E-state index contributed by atoms with van der Waals surface area (Å²) in [5.74, 6) is -0.0905. The first-order valence-corrected chi connectivity index (χ1v) is 7.78. The third kappa shape index (κ3) is 2.40. The Kier molecular flexibility index (Phi) is 3.39. The topological polar surface area (TPSA) is 34.9 Å². The molecule has 3 heteroatoms. The zero-order valence-electron chi connectivity index (χ0n) is 12.6. The number of nitrogens with zero attached hydrogens (tertiary/aromatic N) is 2. The van der Waals surface area contributed by atoms with Gasteiger partial charge in [-0.25, -0.2) is 0 Å². The molecule has 0 radical (unpaired) electrons. The number of hydrogen-bond donors (Lipinski definition) is 0. The maximum Gasteiger partial charge on any atom is 0.278 e. The summed E-state index contributed by atoms with van der Waals surface area (Å²) in [6, 6.07) is 19.3. The molecule has 3 aromatic rings. The highest BCUT2D eigenvalue weighted by molar-refractivity contribution is 5.99. The molecule has 0 saturated heterocycles. The van der Waals surface area contributed by atoms with Gasteiger partial charge in [0, 0.05) is 16.7 Å². The molecule has 0 spiro atoms. The Morgan fingerprint density at radius 3 is 2.39 bits per heavy atom. The van der Waals surface area contributed by atoms with E-state index in [0.717, 1.165) is 35.4 Å². The number of aryl methyl sites for hydroxylation is 1. The fraction of sp³-hybridized carbons (Fsp3) is 0.100. The molecule has 0 amide bonds. The molecule has 0 fully saturated rings. The predicted molar refractivity (Wildman–Crippen MR) is 91.2 cm³/mol. The van der Waals surface area contributed by atoms with Gasteiger partial charge in [0.1, 0.15) is 0 Å². The van der Waals surface area contributed by atoms with Crippen molar-refractivity contribution in [1.29, 1.82) is 0 Å². The fourth-order valence-corrected chi connectivity index (χ4v) is 2.98. The number of carbonyl (C=O) groups is 1. The van der Waals surface area contributed by atoms with Crippen LogP contribution in [0.25, 0.3) is 17.3 Å². The van der Waals surface area contributed by atoms with Crippen LogP contribution in [0.5, 0.6) is 0 Å². The molecule has 3 nitrogen and oxygen atoms in total. The van der Waals surface area contributed by atoms with Crippen LogP contribution in [0.4, 0.5) is 0 Å². The number of aromatic nitrogens is 2. The lowest BCUT2D eigenvalue weighted by molar-refractivity contribution is 0.0946. The quantitative estimate of drug-likeness (QED) is 0.711. The first kappa shape index (κ1) is 13.7. The van der Waals surface area contributed by atoms with Crippen LogP contribution in [0.1, 0.15) is 28.0 Å². The SMILES string of the molecule is O=C(c1ccccc1)n1nc2c(c1-c1ccccc1)C=CCC2. The molecule has 0 N–H and O–H groups in total. The molecule has 1 aromatic heterocycles. The maximum atomic E-state index is 12.9. The van der Waals surface area contributed by atoms with Gasteiger partial charge >= 0.3 is 0 Å². The Labute approximate surface area is 134 Å². The van der Waals surface area contributed by atoms with Gasteiger partial charge in [-0.05, 0) is 25.0 Å². The van der Waals surface area contributed by atoms with Gasteiger partial charge in [-0.3, -0.25) is 4.79 Å². The minimum atomic E-state index is -0.0905. The first-order valence-electron chi connectivity index (χ1n) is 7.78. The molecule has 1 aliphatic carbocycles. The molecule has 2 aromatic carbocycles. The van der Waals surface area contributed by atoms with Gasteiger partial charge in [0.15, 0.2) is 0 Å². The predicted octanol–water partition coefficient (Wildman–Crippen LogP) is 4.20. The van der Waals surface area contributed by atoms with Gasteiger partial charge in [0.25, 0.3) is 5.91 Å². The van der Waals surface area contributed by atoms with Crippen LogP contribution >= 0.6 is 0 Å². The summed E-state index contributed by atoms with van der Waals surface area (Å²) >= 11 is 0. The van der Waals surface area contributed by atoms with Crippen molar-refractivity contribution in [3.63, 3.8) is 0 Å². The van der Waals surface area contributed by atoms with E-state index in [1.165, 1.54) is 0 Å². The number of carbonyl (C=O) groups excluding carboxylic acids is 1. The number of fused-ring (bicyclic) bond motifs is 1. The molecule has 1 aliphatic rings. The number of benzene rings is 2. The second-order valence-electron chi connectivity index (χ2n) is 5.60. The third-order valence-electron chi connectivity index (χ3n) is 4.09. The van der Waals surface area contributed by atoms with Crippen molar-refractivity contribution < 1.29 is 4.79 Å². The maximum absolute atomic E-state index is 12.9. The van der Waals surface area contributed by atoms with Gasteiger partial charge in [-0.2, -0.15) is 9.78 Å². The highest BCUT2D eigenvalue weighted by Gasteiger charge is 2.23. The van der Waals surface area contributed by atoms with E-state index in [-0.39, 0.29) is 5.91 Å². The standard InChI is InChI=1S/C20H16N2O/c23-20(16-11-5-2-6-12-16)22-19(15-9-3-1-4-10-15)17-13-7-8-14-18(17)21-22/h1-7,9-13H,8,14H2. The Balaban J connectivity index is 1.92. The molecule has 23 heavy (non-hydrogen) atoms. The van der Waals surface area contributed by atoms with Gasteiger partial charge in [0.2, 0.25) is 0 Å². The summed E-state index contributed by atoms with van der Waals surface area (Å²) < 4.78 is 1.56. The summed E-state index contributed by atoms with van der Waals surface area (Å²) in [7, 11) is 0. The van der Waals surface area contributed by atoms with Crippen molar-refractivity contribution in [3.8, 4) is 11.3 Å². The average molecular weight is 300 g/mol. The minimum absolute atomic E-state index is 0.0905. The molecule has 0 unspecified atom stereocenters. The Morgan fingerprint density at radius 1 is 0.957 bits per heavy atom. The van der Waals surface area contributed by atoms with Crippen molar-refractivity contribution in [3.05, 3.63) is 83.6 Å².